The first-order valence-electron chi connectivity index (χ1n) is 10.1. The summed E-state index contributed by atoms with van der Waals surface area (Å²) >= 11 is 0. The van der Waals surface area contributed by atoms with Crippen molar-refractivity contribution in [2.75, 3.05) is 0 Å². The normalized spacial score (nSPS) is 11.6. The van der Waals surface area contributed by atoms with Crippen LogP contribution in [0.4, 0.5) is 15.8 Å². The topological polar surface area (TPSA) is 150 Å². The van der Waals surface area contributed by atoms with Crippen LogP contribution in [0.2, 0.25) is 0 Å². The Hall–Kier alpha value is -5.19. The highest BCUT2D eigenvalue weighted by Crippen LogP contribution is 2.35. The zero-order valence-electron chi connectivity index (χ0n) is 17.8. The number of aromatic amines is 1. The summed E-state index contributed by atoms with van der Waals surface area (Å²) in [6.45, 7) is 0. The maximum absolute atomic E-state index is 13.6. The third-order valence-corrected chi connectivity index (χ3v) is 4.88. The van der Waals surface area contributed by atoms with Crippen LogP contribution in [-0.4, -0.2) is 26.8 Å². The molecule has 3 N–H and O–H groups in total. The molecule has 0 unspecified atom stereocenters. The minimum Gasteiger partial charge on any atom is -0.493 e. The van der Waals surface area contributed by atoms with Gasteiger partial charge >= 0.3 is 5.91 Å². The van der Waals surface area contributed by atoms with Crippen molar-refractivity contribution >= 4 is 40.2 Å². The van der Waals surface area contributed by atoms with Gasteiger partial charge in [0.15, 0.2) is 5.69 Å². The van der Waals surface area contributed by atoms with E-state index in [1.54, 1.807) is 30.3 Å². The van der Waals surface area contributed by atoms with Gasteiger partial charge in [0.25, 0.3) is 11.6 Å². The highest BCUT2D eigenvalue weighted by molar-refractivity contribution is 6.05. The highest BCUT2D eigenvalue weighted by atomic mass is 19.1. The number of non-ortho nitro benzene ring substituents is 1. The summed E-state index contributed by atoms with van der Waals surface area (Å²) in [7, 11) is 0. The van der Waals surface area contributed by atoms with Crippen LogP contribution in [-0.2, 0) is 4.79 Å². The average Bonchev–Trinajstić information content (AvgIpc) is 3.16. The van der Waals surface area contributed by atoms with Gasteiger partial charge in [-0.3, -0.25) is 19.7 Å². The molecule has 0 aliphatic heterocycles. The number of nitro groups is 1. The molecule has 0 bridgehead atoms. The molecule has 0 saturated carbocycles. The lowest BCUT2D eigenvalue weighted by Gasteiger charge is -2.07. The first kappa shape index (κ1) is 23.0. The minimum atomic E-state index is -0.974. The Balaban J connectivity index is 1.68. The molecule has 0 atom stereocenters. The first-order chi connectivity index (χ1) is 16.8. The van der Waals surface area contributed by atoms with Crippen molar-refractivity contribution < 1.29 is 24.0 Å². The quantitative estimate of drug-likeness (QED) is 0.156. The molecule has 2 amide bonds. The number of aromatic nitrogens is 1. The number of hydrogen-bond acceptors (Lipinski definition) is 6. The molecular formula is C24H16FN5O5. The minimum absolute atomic E-state index is 0.148. The Labute approximate surface area is 196 Å². The van der Waals surface area contributed by atoms with Crippen LogP contribution in [0.1, 0.15) is 15.9 Å². The van der Waals surface area contributed by atoms with Gasteiger partial charge in [-0.15, -0.1) is 10.2 Å². The van der Waals surface area contributed by atoms with E-state index in [0.29, 0.717) is 11.1 Å². The van der Waals surface area contributed by atoms with E-state index in [4.69, 9.17) is 0 Å². The molecule has 10 nitrogen and oxygen atoms in total. The molecule has 4 rings (SSSR count). The summed E-state index contributed by atoms with van der Waals surface area (Å²) in [5, 5.41) is 31.0. The predicted molar refractivity (Wildman–Crippen MR) is 124 cm³/mol. The lowest BCUT2D eigenvalue weighted by atomic mass is 10.1. The van der Waals surface area contributed by atoms with Crippen LogP contribution < -0.4 is 5.32 Å². The third-order valence-electron chi connectivity index (χ3n) is 4.88. The second-order valence-electron chi connectivity index (χ2n) is 7.24. The fourth-order valence-electron chi connectivity index (χ4n) is 3.18. The number of aromatic hydroxyl groups is 1. The van der Waals surface area contributed by atoms with Gasteiger partial charge in [0.2, 0.25) is 5.88 Å². The van der Waals surface area contributed by atoms with Gasteiger partial charge in [-0.2, -0.15) is 0 Å². The molecule has 4 aromatic rings. The molecule has 11 heteroatoms. The molecule has 1 heterocycles. The van der Waals surface area contributed by atoms with Crippen molar-refractivity contribution in [1.82, 2.24) is 10.3 Å². The van der Waals surface area contributed by atoms with E-state index in [2.05, 4.69) is 20.5 Å². The summed E-state index contributed by atoms with van der Waals surface area (Å²) < 4.78 is 13.6. The van der Waals surface area contributed by atoms with E-state index in [-0.39, 0.29) is 28.0 Å². The number of rotatable bonds is 6. The summed E-state index contributed by atoms with van der Waals surface area (Å²) in [5.74, 6) is -2.57. The van der Waals surface area contributed by atoms with Crippen molar-refractivity contribution in [2.24, 2.45) is 10.2 Å². The number of nitro benzene ring substituents is 1. The maximum Gasteiger partial charge on any atom is 0.311 e. The molecule has 174 valence electrons. The van der Waals surface area contributed by atoms with E-state index < -0.39 is 28.4 Å². The van der Waals surface area contributed by atoms with Crippen LogP contribution in [0.25, 0.3) is 17.0 Å². The standard InChI is InChI=1S/C24H16FN5O5/c25-16-8-11-19-18(13-16)21(24(33)26-19)28-29-23(32)20(27-22(31)15-4-2-1-3-5-15)12-14-6-9-17(10-7-14)30(34)35/h1-13,26,33H,(H,27,31). The summed E-state index contributed by atoms with van der Waals surface area (Å²) in [6.07, 6.45) is 1.28. The molecular weight excluding hydrogens is 457 g/mol. The van der Waals surface area contributed by atoms with Gasteiger partial charge < -0.3 is 15.4 Å². The van der Waals surface area contributed by atoms with E-state index in [9.17, 15) is 29.2 Å². The lowest BCUT2D eigenvalue weighted by molar-refractivity contribution is -0.384. The van der Waals surface area contributed by atoms with Gasteiger partial charge in [-0.05, 0) is 54.1 Å². The first-order valence-corrected chi connectivity index (χ1v) is 10.1. The van der Waals surface area contributed by atoms with Crippen molar-refractivity contribution in [3.05, 3.63) is 106 Å². The van der Waals surface area contributed by atoms with Crippen molar-refractivity contribution in [3.63, 3.8) is 0 Å². The number of nitrogens with one attached hydrogen (secondary N) is 2. The molecule has 0 aliphatic rings. The summed E-state index contributed by atoms with van der Waals surface area (Å²) in [5.41, 5.74) is 0.449. The SMILES string of the molecule is O=C(N=Nc1c(O)[nH]c2ccc(F)cc12)C(=Cc1ccc([N+](=O)[O-])cc1)NC(=O)c1ccccc1. The van der Waals surface area contributed by atoms with Gasteiger partial charge in [-0.1, -0.05) is 18.2 Å². The third kappa shape index (κ3) is 5.25. The van der Waals surface area contributed by atoms with Crippen LogP contribution in [0, 0.1) is 15.9 Å². The number of carbonyl (C=O) groups is 2. The molecule has 0 fully saturated rings. The number of benzene rings is 3. The Morgan fingerprint density at radius 3 is 2.46 bits per heavy atom. The Kier molecular flexibility index (Phi) is 6.40. The number of hydrogen-bond donors (Lipinski definition) is 3. The van der Waals surface area contributed by atoms with Gasteiger partial charge in [0.05, 0.1) is 10.4 Å². The van der Waals surface area contributed by atoms with E-state index in [1.807, 2.05) is 0 Å². The van der Waals surface area contributed by atoms with Gasteiger partial charge in [0, 0.05) is 23.1 Å². The molecule has 35 heavy (non-hydrogen) atoms. The van der Waals surface area contributed by atoms with Gasteiger partial charge in [0.1, 0.15) is 11.5 Å². The Morgan fingerprint density at radius 1 is 1.06 bits per heavy atom. The highest BCUT2D eigenvalue weighted by Gasteiger charge is 2.17. The molecule has 1 aromatic heterocycles. The predicted octanol–water partition coefficient (Wildman–Crippen LogP) is 5.00. The lowest BCUT2D eigenvalue weighted by Crippen LogP contribution is -2.26. The van der Waals surface area contributed by atoms with Gasteiger partial charge in [-0.25, -0.2) is 4.39 Å². The smallest absolute Gasteiger partial charge is 0.311 e. The molecule has 0 radical (unpaired) electrons. The largest absolute Gasteiger partial charge is 0.493 e. The van der Waals surface area contributed by atoms with Crippen LogP contribution in [0.15, 0.2) is 88.7 Å². The number of halogens is 1. The van der Waals surface area contributed by atoms with Crippen molar-refractivity contribution in [1.29, 1.82) is 0 Å². The number of fused-ring (bicyclic) bond motifs is 1. The summed E-state index contributed by atoms with van der Waals surface area (Å²) in [6, 6.07) is 17.1. The number of azo groups is 1. The van der Waals surface area contributed by atoms with Crippen molar-refractivity contribution in [3.8, 4) is 5.88 Å². The zero-order valence-corrected chi connectivity index (χ0v) is 17.8. The van der Waals surface area contributed by atoms with E-state index in [1.165, 1.54) is 42.5 Å². The monoisotopic (exact) mass is 473 g/mol. The zero-order chi connectivity index (χ0) is 24.9. The fraction of sp³-hybridized carbons (Fsp3) is 0. The Morgan fingerprint density at radius 2 is 1.77 bits per heavy atom. The average molecular weight is 473 g/mol. The molecule has 0 saturated heterocycles. The van der Waals surface area contributed by atoms with Crippen LogP contribution in [0.3, 0.4) is 0 Å². The molecule has 3 aromatic carbocycles. The van der Waals surface area contributed by atoms with Crippen molar-refractivity contribution in [2.45, 2.75) is 0 Å². The molecule has 0 spiro atoms. The Bertz CT molecular complexity index is 1490. The number of amides is 2. The number of nitrogens with zero attached hydrogens (tertiary/aromatic N) is 3. The second-order valence-corrected chi connectivity index (χ2v) is 7.24. The maximum atomic E-state index is 13.6. The number of carbonyl (C=O) groups excluding carboxylic acids is 2. The fourth-order valence-corrected chi connectivity index (χ4v) is 3.18. The van der Waals surface area contributed by atoms with E-state index in [0.717, 1.165) is 6.07 Å². The van der Waals surface area contributed by atoms with Crippen LogP contribution >= 0.6 is 0 Å². The van der Waals surface area contributed by atoms with E-state index >= 15 is 0 Å². The molecule has 0 aliphatic carbocycles. The summed E-state index contributed by atoms with van der Waals surface area (Å²) in [4.78, 5) is 38.4. The number of H-pyrrole nitrogens is 1. The second kappa shape index (κ2) is 9.75. The van der Waals surface area contributed by atoms with Crippen LogP contribution in [0.5, 0.6) is 5.88 Å².